The predicted molar refractivity (Wildman–Crippen MR) is 90.7 cm³/mol. The molecule has 1 aromatic rings. The van der Waals surface area contributed by atoms with E-state index < -0.39 is 0 Å². The lowest BCUT2D eigenvalue weighted by molar-refractivity contribution is -0.133. The average Bonchev–Trinajstić information content (AvgIpc) is 2.68. The quantitative estimate of drug-likeness (QED) is 0.653. The minimum atomic E-state index is -0.347. The number of nitrogens with one attached hydrogen (secondary N) is 1. The van der Waals surface area contributed by atoms with Crippen LogP contribution in [0, 0.1) is 5.92 Å². The van der Waals surface area contributed by atoms with Crippen LogP contribution in [0.1, 0.15) is 25.8 Å². The van der Waals surface area contributed by atoms with Gasteiger partial charge in [0.25, 0.3) is 5.91 Å². The fourth-order valence-corrected chi connectivity index (χ4v) is 3.01. The topological polar surface area (TPSA) is 69.6 Å². The van der Waals surface area contributed by atoms with Crippen molar-refractivity contribution in [2.45, 2.75) is 20.3 Å². The molecule has 2 amide bonds. The molecule has 1 saturated heterocycles. The standard InChI is InChI=1S/C15H16N2O3S2/c1-9(2)7-13(19)16-17-14(20)12(22-15(17)21)8-10-3-5-11(18)6-4-10/h3-6,8-9,18H,7H2,1-2H3,(H,16,19)/b12-8-. The van der Waals surface area contributed by atoms with Crippen molar-refractivity contribution in [3.05, 3.63) is 34.7 Å². The summed E-state index contributed by atoms with van der Waals surface area (Å²) in [5.74, 6) is -0.228. The largest absolute Gasteiger partial charge is 0.508 e. The summed E-state index contributed by atoms with van der Waals surface area (Å²) in [5, 5.41) is 10.4. The first-order valence-electron chi connectivity index (χ1n) is 6.73. The zero-order valence-electron chi connectivity index (χ0n) is 12.2. The van der Waals surface area contributed by atoms with Gasteiger partial charge < -0.3 is 5.11 Å². The molecule has 1 aliphatic heterocycles. The van der Waals surface area contributed by atoms with Gasteiger partial charge in [0, 0.05) is 6.42 Å². The first-order valence-corrected chi connectivity index (χ1v) is 7.96. The fourth-order valence-electron chi connectivity index (χ4n) is 1.83. The highest BCUT2D eigenvalue weighted by molar-refractivity contribution is 8.26. The van der Waals surface area contributed by atoms with Gasteiger partial charge in [-0.25, -0.2) is 0 Å². The van der Waals surface area contributed by atoms with E-state index in [2.05, 4.69) is 5.43 Å². The van der Waals surface area contributed by atoms with Gasteiger partial charge in [0.05, 0.1) is 4.91 Å². The van der Waals surface area contributed by atoms with Gasteiger partial charge in [-0.05, 0) is 41.9 Å². The van der Waals surface area contributed by atoms with E-state index in [0.29, 0.717) is 15.6 Å². The molecule has 22 heavy (non-hydrogen) atoms. The molecule has 0 unspecified atom stereocenters. The molecule has 0 radical (unpaired) electrons. The molecule has 1 aromatic carbocycles. The second kappa shape index (κ2) is 6.93. The highest BCUT2D eigenvalue weighted by atomic mass is 32.2. The molecule has 0 atom stereocenters. The number of nitrogens with zero attached hydrogens (tertiary/aromatic N) is 1. The van der Waals surface area contributed by atoms with Crippen molar-refractivity contribution in [2.24, 2.45) is 5.92 Å². The second-order valence-corrected chi connectivity index (χ2v) is 6.92. The van der Waals surface area contributed by atoms with Crippen molar-refractivity contribution in [3.8, 4) is 5.75 Å². The van der Waals surface area contributed by atoms with Crippen molar-refractivity contribution in [3.63, 3.8) is 0 Å². The summed E-state index contributed by atoms with van der Waals surface area (Å²) in [6.07, 6.45) is 2.00. The Labute approximate surface area is 138 Å². The smallest absolute Gasteiger partial charge is 0.285 e. The molecular weight excluding hydrogens is 320 g/mol. The maximum absolute atomic E-state index is 12.3. The molecule has 7 heteroatoms. The number of thiocarbonyl (C=S) groups is 1. The summed E-state index contributed by atoms with van der Waals surface area (Å²) in [6.45, 7) is 3.85. The van der Waals surface area contributed by atoms with E-state index in [0.717, 1.165) is 22.3 Å². The number of aromatic hydroxyl groups is 1. The molecule has 116 valence electrons. The fraction of sp³-hybridized carbons (Fsp3) is 0.267. The van der Waals surface area contributed by atoms with E-state index in [9.17, 15) is 14.7 Å². The Morgan fingerprint density at radius 1 is 1.41 bits per heavy atom. The number of hydrogen-bond acceptors (Lipinski definition) is 5. The summed E-state index contributed by atoms with van der Waals surface area (Å²) in [4.78, 5) is 24.5. The van der Waals surface area contributed by atoms with Gasteiger partial charge in [0.2, 0.25) is 5.91 Å². The van der Waals surface area contributed by atoms with Crippen molar-refractivity contribution in [1.29, 1.82) is 0 Å². The third-order valence-electron chi connectivity index (χ3n) is 2.81. The van der Waals surface area contributed by atoms with Crippen LogP contribution in [0.25, 0.3) is 6.08 Å². The second-order valence-electron chi connectivity index (χ2n) is 5.24. The Morgan fingerprint density at radius 3 is 2.64 bits per heavy atom. The van der Waals surface area contributed by atoms with Gasteiger partial charge in [0.1, 0.15) is 5.75 Å². The number of thioether (sulfide) groups is 1. The van der Waals surface area contributed by atoms with Crippen LogP contribution in [0.15, 0.2) is 29.2 Å². The van der Waals surface area contributed by atoms with Gasteiger partial charge in [-0.1, -0.05) is 37.7 Å². The molecule has 0 aromatic heterocycles. The van der Waals surface area contributed by atoms with Crippen molar-refractivity contribution in [1.82, 2.24) is 10.4 Å². The number of hydrazine groups is 1. The maximum Gasteiger partial charge on any atom is 0.285 e. The average molecular weight is 336 g/mol. The van der Waals surface area contributed by atoms with E-state index in [1.165, 1.54) is 12.1 Å². The molecular formula is C15H16N2O3S2. The monoisotopic (exact) mass is 336 g/mol. The van der Waals surface area contributed by atoms with Crippen LogP contribution < -0.4 is 5.43 Å². The molecule has 2 N–H and O–H groups in total. The Balaban J connectivity index is 2.11. The van der Waals surface area contributed by atoms with E-state index in [1.807, 2.05) is 13.8 Å². The maximum atomic E-state index is 12.3. The number of carbonyl (C=O) groups excluding carboxylic acids is 2. The molecule has 0 spiro atoms. The highest BCUT2D eigenvalue weighted by Gasteiger charge is 2.33. The van der Waals surface area contributed by atoms with Gasteiger partial charge in [-0.2, -0.15) is 5.01 Å². The normalized spacial score (nSPS) is 16.7. The molecule has 0 aliphatic carbocycles. The Morgan fingerprint density at radius 2 is 2.05 bits per heavy atom. The van der Waals surface area contributed by atoms with Crippen LogP contribution >= 0.6 is 24.0 Å². The van der Waals surface area contributed by atoms with Crippen molar-refractivity contribution < 1.29 is 14.7 Å². The third kappa shape index (κ3) is 4.08. The van der Waals surface area contributed by atoms with Gasteiger partial charge >= 0.3 is 0 Å². The number of rotatable bonds is 4. The van der Waals surface area contributed by atoms with Gasteiger partial charge in [0.15, 0.2) is 4.32 Å². The van der Waals surface area contributed by atoms with E-state index in [-0.39, 0.29) is 23.5 Å². The Hall–Kier alpha value is -1.86. The summed E-state index contributed by atoms with van der Waals surface area (Å²) < 4.78 is 0.298. The summed E-state index contributed by atoms with van der Waals surface area (Å²) in [6, 6.07) is 6.46. The summed E-state index contributed by atoms with van der Waals surface area (Å²) in [7, 11) is 0. The van der Waals surface area contributed by atoms with E-state index in [1.54, 1.807) is 18.2 Å². The van der Waals surface area contributed by atoms with Crippen molar-refractivity contribution >= 4 is 46.2 Å². The van der Waals surface area contributed by atoms with Gasteiger partial charge in [-0.15, -0.1) is 0 Å². The van der Waals surface area contributed by atoms with Crippen LogP contribution in [-0.4, -0.2) is 26.3 Å². The van der Waals surface area contributed by atoms with Gasteiger partial charge in [-0.3, -0.25) is 15.0 Å². The van der Waals surface area contributed by atoms with Crippen LogP contribution in [0.2, 0.25) is 0 Å². The van der Waals surface area contributed by atoms with Crippen LogP contribution in [0.4, 0.5) is 0 Å². The number of phenolic OH excluding ortho intramolecular Hbond substituents is 1. The number of benzene rings is 1. The van der Waals surface area contributed by atoms with Crippen LogP contribution in [0.5, 0.6) is 5.75 Å². The highest BCUT2D eigenvalue weighted by Crippen LogP contribution is 2.31. The molecule has 1 heterocycles. The third-order valence-corrected chi connectivity index (χ3v) is 4.12. The molecule has 1 aliphatic rings. The lowest BCUT2D eigenvalue weighted by Crippen LogP contribution is -2.45. The first-order chi connectivity index (χ1) is 10.4. The Bertz CT molecular complexity index is 639. The van der Waals surface area contributed by atoms with Crippen molar-refractivity contribution in [2.75, 3.05) is 0 Å². The number of hydrogen-bond donors (Lipinski definition) is 2. The zero-order valence-corrected chi connectivity index (χ0v) is 13.8. The Kier molecular flexibility index (Phi) is 5.20. The lowest BCUT2D eigenvalue weighted by Gasteiger charge is -2.16. The lowest BCUT2D eigenvalue weighted by atomic mass is 10.1. The minimum absolute atomic E-state index is 0.158. The molecule has 5 nitrogen and oxygen atoms in total. The number of amides is 2. The summed E-state index contributed by atoms with van der Waals surface area (Å²) >= 11 is 6.27. The predicted octanol–water partition coefficient (Wildman–Crippen LogP) is 2.67. The van der Waals surface area contributed by atoms with E-state index >= 15 is 0 Å². The zero-order chi connectivity index (χ0) is 16.3. The van der Waals surface area contributed by atoms with Crippen LogP contribution in [-0.2, 0) is 9.59 Å². The SMILES string of the molecule is CC(C)CC(=O)NN1C(=O)/C(=C/c2ccc(O)cc2)SC1=S. The summed E-state index contributed by atoms with van der Waals surface area (Å²) in [5.41, 5.74) is 3.31. The molecule has 0 saturated carbocycles. The first kappa shape index (κ1) is 16.5. The number of phenols is 1. The molecule has 2 rings (SSSR count). The van der Waals surface area contributed by atoms with Crippen LogP contribution in [0.3, 0.4) is 0 Å². The molecule has 0 bridgehead atoms. The minimum Gasteiger partial charge on any atom is -0.508 e. The van der Waals surface area contributed by atoms with E-state index in [4.69, 9.17) is 12.2 Å². The molecule has 1 fully saturated rings. The number of carbonyl (C=O) groups is 2.